The molecule has 0 saturated heterocycles. The monoisotopic (exact) mass is 436 g/mol. The first-order chi connectivity index (χ1) is 15.2. The predicted molar refractivity (Wildman–Crippen MR) is 122 cm³/mol. The molecule has 0 amide bonds. The van der Waals surface area contributed by atoms with Gasteiger partial charge in [-0.25, -0.2) is 4.79 Å². The van der Waals surface area contributed by atoms with Crippen LogP contribution in [-0.2, 0) is 14.3 Å². The molecule has 0 heterocycles. The van der Waals surface area contributed by atoms with Crippen LogP contribution >= 0.6 is 0 Å². The summed E-state index contributed by atoms with van der Waals surface area (Å²) in [5.41, 5.74) is 0.452. The highest BCUT2D eigenvalue weighted by molar-refractivity contribution is 5.89. The second-order valence-electron chi connectivity index (χ2n) is 11.6. The molecule has 1 aromatic rings. The highest BCUT2D eigenvalue weighted by Crippen LogP contribution is 2.66. The van der Waals surface area contributed by atoms with Crippen LogP contribution in [0.4, 0.5) is 0 Å². The maximum atomic E-state index is 13.7. The van der Waals surface area contributed by atoms with Gasteiger partial charge in [0.25, 0.3) is 0 Å². The van der Waals surface area contributed by atoms with Gasteiger partial charge in [-0.15, -0.1) is 0 Å². The zero-order chi connectivity index (χ0) is 22.7. The Hall–Kier alpha value is -1.97. The lowest BCUT2D eigenvalue weighted by Gasteiger charge is -2.59. The van der Waals surface area contributed by atoms with E-state index in [-0.39, 0.29) is 40.5 Å². The van der Waals surface area contributed by atoms with E-state index >= 15 is 0 Å². The summed E-state index contributed by atoms with van der Waals surface area (Å²) in [5, 5.41) is 0. The lowest BCUT2D eigenvalue weighted by molar-refractivity contribution is -0.162. The lowest BCUT2D eigenvalue weighted by Crippen LogP contribution is -2.58. The van der Waals surface area contributed by atoms with Crippen molar-refractivity contribution >= 4 is 17.5 Å². The third kappa shape index (κ3) is 3.28. The first kappa shape index (κ1) is 21.9. The van der Waals surface area contributed by atoms with Gasteiger partial charge in [-0.2, -0.15) is 0 Å². The van der Waals surface area contributed by atoms with Crippen molar-refractivity contribution in [3.8, 4) is 0 Å². The summed E-state index contributed by atoms with van der Waals surface area (Å²) in [6.07, 6.45) is 7.36. The molecule has 0 aliphatic heterocycles. The number of carbonyl (C=O) groups excluding carboxylic acids is 3. The maximum Gasteiger partial charge on any atom is 0.338 e. The number of hydrogen-bond acceptors (Lipinski definition) is 4. The average molecular weight is 437 g/mol. The molecule has 7 unspecified atom stereocenters. The molecular formula is C28H36O4. The van der Waals surface area contributed by atoms with Crippen LogP contribution in [0.2, 0.25) is 0 Å². The van der Waals surface area contributed by atoms with Crippen LogP contribution in [-0.4, -0.2) is 23.6 Å². The summed E-state index contributed by atoms with van der Waals surface area (Å²) >= 11 is 0. The molecule has 4 fully saturated rings. The van der Waals surface area contributed by atoms with Crippen molar-refractivity contribution in [3.05, 3.63) is 35.9 Å². The van der Waals surface area contributed by atoms with Gasteiger partial charge >= 0.3 is 5.97 Å². The Morgan fingerprint density at radius 3 is 2.44 bits per heavy atom. The van der Waals surface area contributed by atoms with Gasteiger partial charge in [0.15, 0.2) is 0 Å². The van der Waals surface area contributed by atoms with E-state index < -0.39 is 0 Å². The number of benzene rings is 1. The van der Waals surface area contributed by atoms with Crippen molar-refractivity contribution in [1.82, 2.24) is 0 Å². The Morgan fingerprint density at radius 2 is 1.72 bits per heavy atom. The summed E-state index contributed by atoms with van der Waals surface area (Å²) in [6.45, 7) is 6.27. The predicted octanol–water partition coefficient (Wildman–Crippen LogP) is 5.64. The number of fused-ring (bicyclic) bond motifs is 5. The van der Waals surface area contributed by atoms with Crippen molar-refractivity contribution in [2.75, 3.05) is 0 Å². The molecule has 4 heteroatoms. The minimum atomic E-state index is -0.237. The number of ketones is 2. The normalized spacial score (nSPS) is 43.0. The van der Waals surface area contributed by atoms with E-state index in [9.17, 15) is 14.4 Å². The molecule has 32 heavy (non-hydrogen) atoms. The van der Waals surface area contributed by atoms with Crippen LogP contribution in [0.3, 0.4) is 0 Å². The van der Waals surface area contributed by atoms with Gasteiger partial charge in [-0.3, -0.25) is 9.59 Å². The minimum absolute atomic E-state index is 0.00864. The Bertz CT molecular complexity index is 923. The molecule has 0 bridgehead atoms. The molecular weight excluding hydrogens is 400 g/mol. The van der Waals surface area contributed by atoms with Gasteiger partial charge in [-0.05, 0) is 92.6 Å². The van der Waals surface area contributed by atoms with Crippen molar-refractivity contribution in [2.45, 2.75) is 78.2 Å². The lowest BCUT2D eigenvalue weighted by atomic mass is 9.44. The number of carbonyl (C=O) groups is 3. The fourth-order valence-corrected chi connectivity index (χ4v) is 8.60. The molecule has 5 rings (SSSR count). The first-order valence-electron chi connectivity index (χ1n) is 12.5. The van der Waals surface area contributed by atoms with Crippen LogP contribution in [0.5, 0.6) is 0 Å². The van der Waals surface area contributed by atoms with Crippen LogP contribution < -0.4 is 0 Å². The van der Waals surface area contributed by atoms with E-state index in [1.807, 2.05) is 18.2 Å². The van der Waals surface area contributed by atoms with Crippen molar-refractivity contribution < 1.29 is 19.1 Å². The standard InChI is InChI=1S/C28H36O4/c1-17(29)22-11-12-23-21-10-9-19-15-20(32-26(31)18-7-5-4-6-8-18)13-14-27(19,2)25(21)24(30)16-28(22,23)3/h4-8,19-23,25H,9-16H2,1-3H3/t19?,20-,21?,22?,23?,25?,27?,28?/m1/s1. The Balaban J connectivity index is 1.33. The summed E-state index contributed by atoms with van der Waals surface area (Å²) in [4.78, 5) is 38.6. The van der Waals surface area contributed by atoms with Crippen LogP contribution in [0.1, 0.15) is 82.5 Å². The summed E-state index contributed by atoms with van der Waals surface area (Å²) < 4.78 is 5.90. The molecule has 4 nitrogen and oxygen atoms in total. The fraction of sp³-hybridized carbons (Fsp3) is 0.679. The third-order valence-corrected chi connectivity index (χ3v) is 10.1. The highest BCUT2D eigenvalue weighted by Gasteiger charge is 2.63. The van der Waals surface area contributed by atoms with Gasteiger partial charge in [0.2, 0.25) is 0 Å². The van der Waals surface area contributed by atoms with Crippen molar-refractivity contribution in [3.63, 3.8) is 0 Å². The van der Waals surface area contributed by atoms with Crippen LogP contribution in [0, 0.1) is 40.4 Å². The number of hydrogen-bond donors (Lipinski definition) is 0. The smallest absolute Gasteiger partial charge is 0.338 e. The zero-order valence-electron chi connectivity index (χ0n) is 19.6. The van der Waals surface area contributed by atoms with Crippen molar-refractivity contribution in [1.29, 1.82) is 0 Å². The molecule has 172 valence electrons. The number of esters is 1. The van der Waals surface area contributed by atoms with Crippen LogP contribution in [0.25, 0.3) is 0 Å². The summed E-state index contributed by atoms with van der Waals surface area (Å²) in [6, 6.07) is 9.22. The highest BCUT2D eigenvalue weighted by atomic mass is 16.5. The molecule has 4 saturated carbocycles. The molecule has 0 N–H and O–H groups in total. The van der Waals surface area contributed by atoms with E-state index in [2.05, 4.69) is 13.8 Å². The Kier molecular flexibility index (Phi) is 5.34. The van der Waals surface area contributed by atoms with E-state index in [1.54, 1.807) is 19.1 Å². The summed E-state index contributed by atoms with van der Waals surface area (Å²) in [7, 11) is 0. The van der Waals surface area contributed by atoms with E-state index in [1.165, 1.54) is 0 Å². The molecule has 0 radical (unpaired) electrons. The molecule has 4 aliphatic rings. The second-order valence-corrected chi connectivity index (χ2v) is 11.6. The number of ether oxygens (including phenoxy) is 1. The molecule has 0 aromatic heterocycles. The average Bonchev–Trinajstić information content (AvgIpc) is 3.11. The molecule has 4 aliphatic carbocycles. The minimum Gasteiger partial charge on any atom is -0.459 e. The maximum absolute atomic E-state index is 13.7. The topological polar surface area (TPSA) is 60.4 Å². The number of rotatable bonds is 3. The molecule has 1 aromatic carbocycles. The van der Waals surface area contributed by atoms with Gasteiger partial charge in [-0.1, -0.05) is 32.0 Å². The molecule has 0 spiro atoms. The Morgan fingerprint density at radius 1 is 0.969 bits per heavy atom. The zero-order valence-corrected chi connectivity index (χ0v) is 19.6. The van der Waals surface area contributed by atoms with Gasteiger partial charge in [0, 0.05) is 18.3 Å². The fourth-order valence-electron chi connectivity index (χ4n) is 8.60. The SMILES string of the molecule is CC(=O)C1CCC2C3CCC4C[C@H](OC(=O)c5ccccc5)CCC4(C)C3C(=O)CC12C. The summed E-state index contributed by atoms with van der Waals surface area (Å²) in [5.74, 6) is 1.91. The van der Waals surface area contributed by atoms with Gasteiger partial charge in [0.1, 0.15) is 17.7 Å². The Labute approximate surface area is 191 Å². The van der Waals surface area contributed by atoms with Crippen LogP contribution in [0.15, 0.2) is 30.3 Å². The van der Waals surface area contributed by atoms with E-state index in [0.717, 1.165) is 44.9 Å². The number of Topliss-reactive ketones (excluding diaryl/α,β-unsaturated/α-hetero) is 2. The van der Waals surface area contributed by atoms with Crippen molar-refractivity contribution in [2.24, 2.45) is 40.4 Å². The van der Waals surface area contributed by atoms with Gasteiger partial charge in [0.05, 0.1) is 5.56 Å². The second kappa shape index (κ2) is 7.81. The van der Waals surface area contributed by atoms with Gasteiger partial charge < -0.3 is 4.74 Å². The van der Waals surface area contributed by atoms with E-state index in [4.69, 9.17) is 4.74 Å². The molecule has 8 atom stereocenters. The quantitative estimate of drug-likeness (QED) is 0.576. The van der Waals surface area contributed by atoms with E-state index in [0.29, 0.717) is 35.5 Å². The first-order valence-corrected chi connectivity index (χ1v) is 12.5. The largest absolute Gasteiger partial charge is 0.459 e. The third-order valence-electron chi connectivity index (χ3n) is 10.1.